The number of ether oxygens (including phenoxy) is 2. The summed E-state index contributed by atoms with van der Waals surface area (Å²) in [5.74, 6) is -4.53. The van der Waals surface area contributed by atoms with E-state index in [-0.39, 0.29) is 29.7 Å². The lowest BCUT2D eigenvalue weighted by molar-refractivity contribution is -0.276. The highest BCUT2D eigenvalue weighted by Crippen LogP contribution is 2.32. The molecule has 0 spiro atoms. The van der Waals surface area contributed by atoms with Crippen LogP contribution in [0.25, 0.3) is 0 Å². The van der Waals surface area contributed by atoms with Crippen LogP contribution < -0.4 is 9.47 Å². The van der Waals surface area contributed by atoms with Gasteiger partial charge in [-0.05, 0) is 72.4 Å². The third kappa shape index (κ3) is 6.63. The van der Waals surface area contributed by atoms with E-state index in [1.54, 1.807) is 12.1 Å². The molecule has 9 heteroatoms. The van der Waals surface area contributed by atoms with E-state index in [0.717, 1.165) is 24.1 Å². The third-order valence-corrected chi connectivity index (χ3v) is 4.85. The molecule has 0 radical (unpaired) electrons. The Balaban J connectivity index is 1.62. The van der Waals surface area contributed by atoms with Crippen LogP contribution in [-0.4, -0.2) is 6.36 Å². The fraction of sp³-hybridized carbons (Fsp3) is 0.250. The van der Waals surface area contributed by atoms with Gasteiger partial charge in [0.1, 0.15) is 5.75 Å². The van der Waals surface area contributed by atoms with E-state index in [1.165, 1.54) is 36.4 Å². The van der Waals surface area contributed by atoms with Crippen LogP contribution in [-0.2, 0) is 25.4 Å². The lowest BCUT2D eigenvalue weighted by Gasteiger charge is -2.18. The van der Waals surface area contributed by atoms with Crippen molar-refractivity contribution >= 4 is 0 Å². The van der Waals surface area contributed by atoms with Gasteiger partial charge in [0.25, 0.3) is 0 Å². The summed E-state index contributed by atoms with van der Waals surface area (Å²) in [4.78, 5) is 0. The molecule has 0 aliphatic carbocycles. The minimum atomic E-state index is -5.22. The van der Waals surface area contributed by atoms with Crippen molar-refractivity contribution < 1.29 is 40.2 Å². The van der Waals surface area contributed by atoms with Gasteiger partial charge >= 0.3 is 12.5 Å². The summed E-state index contributed by atoms with van der Waals surface area (Å²) in [5, 5.41) is 0. The molecule has 0 unspecified atom stereocenters. The first-order valence-corrected chi connectivity index (χ1v) is 9.95. The molecule has 33 heavy (non-hydrogen) atoms. The predicted octanol–water partition coefficient (Wildman–Crippen LogP) is 7.34. The first-order chi connectivity index (χ1) is 15.5. The van der Waals surface area contributed by atoms with E-state index in [2.05, 4.69) is 4.74 Å². The molecule has 0 bridgehead atoms. The van der Waals surface area contributed by atoms with Gasteiger partial charge in [0.05, 0.1) is 5.56 Å². The number of hydrogen-bond donors (Lipinski definition) is 0. The van der Waals surface area contributed by atoms with Crippen LogP contribution in [0.15, 0.2) is 60.7 Å². The van der Waals surface area contributed by atoms with Crippen LogP contribution in [0.3, 0.4) is 0 Å². The molecule has 176 valence electrons. The standard InChI is InChI=1S/C24H19F7O2/c1-2-15-5-9-18(10-6-15)23(27,28)32-19-11-7-16(8-12-19)3-4-17-13-20(25)22(21(26)14-17)33-24(29,30)31/h5-14H,2-4H2,1H3. The van der Waals surface area contributed by atoms with Crippen LogP contribution in [0.4, 0.5) is 30.7 Å². The fourth-order valence-corrected chi connectivity index (χ4v) is 3.12. The molecule has 3 rings (SSSR count). The molecule has 0 amide bonds. The van der Waals surface area contributed by atoms with Crippen LogP contribution in [0.1, 0.15) is 29.2 Å². The molecule has 0 saturated carbocycles. The average Bonchev–Trinajstić information content (AvgIpc) is 2.75. The second-order valence-corrected chi connectivity index (χ2v) is 7.25. The number of alkyl halides is 5. The van der Waals surface area contributed by atoms with Gasteiger partial charge in [0.15, 0.2) is 11.6 Å². The molecule has 0 aliphatic rings. The summed E-state index contributed by atoms with van der Waals surface area (Å²) in [6.07, 6.45) is -7.68. The quantitative estimate of drug-likeness (QED) is 0.320. The Labute approximate surface area is 185 Å². The van der Waals surface area contributed by atoms with Crippen LogP contribution in [0.5, 0.6) is 11.5 Å². The lowest BCUT2D eigenvalue weighted by Crippen LogP contribution is -2.21. The van der Waals surface area contributed by atoms with Crippen LogP contribution in [0.2, 0.25) is 0 Å². The van der Waals surface area contributed by atoms with Gasteiger partial charge in [-0.2, -0.15) is 8.78 Å². The van der Waals surface area contributed by atoms with E-state index < -0.39 is 29.9 Å². The molecule has 0 heterocycles. The van der Waals surface area contributed by atoms with Crippen molar-refractivity contribution in [3.8, 4) is 11.5 Å². The summed E-state index contributed by atoms with van der Waals surface area (Å²) in [6, 6.07) is 13.0. The fourth-order valence-electron chi connectivity index (χ4n) is 3.12. The monoisotopic (exact) mass is 472 g/mol. The summed E-state index contributed by atoms with van der Waals surface area (Å²) in [7, 11) is 0. The van der Waals surface area contributed by atoms with Gasteiger partial charge in [0, 0.05) is 0 Å². The van der Waals surface area contributed by atoms with Crippen molar-refractivity contribution in [3.63, 3.8) is 0 Å². The Bertz CT molecular complexity index is 1050. The van der Waals surface area contributed by atoms with E-state index in [9.17, 15) is 30.7 Å². The molecule has 2 nitrogen and oxygen atoms in total. The van der Waals surface area contributed by atoms with Gasteiger partial charge in [-0.3, -0.25) is 0 Å². The molecule has 0 N–H and O–H groups in total. The molecular formula is C24H19F7O2. The van der Waals surface area contributed by atoms with Gasteiger partial charge in [-0.15, -0.1) is 13.2 Å². The topological polar surface area (TPSA) is 18.5 Å². The number of halogens is 7. The minimum Gasteiger partial charge on any atom is -0.429 e. The second-order valence-electron chi connectivity index (χ2n) is 7.25. The highest BCUT2D eigenvalue weighted by Gasteiger charge is 2.35. The number of hydrogen-bond acceptors (Lipinski definition) is 2. The van der Waals surface area contributed by atoms with E-state index in [4.69, 9.17) is 4.74 Å². The molecule has 0 aliphatic heterocycles. The average molecular weight is 472 g/mol. The third-order valence-electron chi connectivity index (χ3n) is 4.85. The molecule has 3 aromatic rings. The zero-order valence-corrected chi connectivity index (χ0v) is 17.4. The molecule has 0 atom stereocenters. The van der Waals surface area contributed by atoms with Gasteiger partial charge in [0.2, 0.25) is 5.75 Å². The first-order valence-electron chi connectivity index (χ1n) is 9.95. The van der Waals surface area contributed by atoms with Gasteiger partial charge < -0.3 is 9.47 Å². The van der Waals surface area contributed by atoms with Crippen molar-refractivity contribution in [2.75, 3.05) is 0 Å². The Morgan fingerprint density at radius 1 is 0.667 bits per heavy atom. The lowest BCUT2D eigenvalue weighted by atomic mass is 10.0. The second kappa shape index (κ2) is 9.72. The van der Waals surface area contributed by atoms with E-state index in [1.807, 2.05) is 6.92 Å². The summed E-state index contributed by atoms with van der Waals surface area (Å²) in [6.45, 7) is 1.91. The van der Waals surface area contributed by atoms with Crippen molar-refractivity contribution in [1.82, 2.24) is 0 Å². The van der Waals surface area contributed by atoms with Crippen molar-refractivity contribution in [3.05, 3.63) is 94.6 Å². The SMILES string of the molecule is CCc1ccc(C(F)(F)Oc2ccc(CCc3cc(F)c(OC(F)(F)F)c(F)c3)cc2)cc1. The number of benzene rings is 3. The molecule has 0 aromatic heterocycles. The zero-order chi connectivity index (χ0) is 24.2. The maximum Gasteiger partial charge on any atom is 0.573 e. The Morgan fingerprint density at radius 2 is 1.18 bits per heavy atom. The van der Waals surface area contributed by atoms with Gasteiger partial charge in [-0.25, -0.2) is 8.78 Å². The molecule has 3 aromatic carbocycles. The smallest absolute Gasteiger partial charge is 0.429 e. The van der Waals surface area contributed by atoms with E-state index in [0.29, 0.717) is 5.56 Å². The Hall–Kier alpha value is -3.23. The van der Waals surface area contributed by atoms with Crippen molar-refractivity contribution in [1.29, 1.82) is 0 Å². The predicted molar refractivity (Wildman–Crippen MR) is 107 cm³/mol. The normalized spacial score (nSPS) is 12.0. The summed E-state index contributed by atoms with van der Waals surface area (Å²) in [5.41, 5.74) is 1.39. The largest absolute Gasteiger partial charge is 0.573 e. The highest BCUT2D eigenvalue weighted by atomic mass is 19.4. The maximum atomic E-state index is 14.4. The first kappa shape index (κ1) is 24.4. The number of aryl methyl sites for hydroxylation is 3. The van der Waals surface area contributed by atoms with Crippen LogP contribution in [0, 0.1) is 11.6 Å². The number of rotatable bonds is 8. The zero-order valence-electron chi connectivity index (χ0n) is 17.4. The van der Waals surface area contributed by atoms with E-state index >= 15 is 0 Å². The Kier molecular flexibility index (Phi) is 7.19. The van der Waals surface area contributed by atoms with Gasteiger partial charge in [-0.1, -0.05) is 31.2 Å². The molecule has 0 fully saturated rings. The Morgan fingerprint density at radius 3 is 1.70 bits per heavy atom. The van der Waals surface area contributed by atoms with Crippen molar-refractivity contribution in [2.24, 2.45) is 0 Å². The summed E-state index contributed by atoms with van der Waals surface area (Å²) < 4.78 is 101. The van der Waals surface area contributed by atoms with Crippen LogP contribution >= 0.6 is 0 Å². The summed E-state index contributed by atoms with van der Waals surface area (Å²) >= 11 is 0. The molecule has 0 saturated heterocycles. The highest BCUT2D eigenvalue weighted by molar-refractivity contribution is 5.33. The molecular weight excluding hydrogens is 453 g/mol. The maximum absolute atomic E-state index is 14.4. The minimum absolute atomic E-state index is 0.0749. The van der Waals surface area contributed by atoms with Crippen molar-refractivity contribution in [2.45, 2.75) is 38.7 Å².